The van der Waals surface area contributed by atoms with Crippen LogP contribution in [0.25, 0.3) is 0 Å². The van der Waals surface area contributed by atoms with Gasteiger partial charge in [0.25, 0.3) is 5.91 Å². The molecule has 160 valence electrons. The second-order valence-electron chi connectivity index (χ2n) is 8.45. The molecule has 1 saturated carbocycles. The van der Waals surface area contributed by atoms with E-state index in [0.717, 1.165) is 37.9 Å². The van der Waals surface area contributed by atoms with Gasteiger partial charge in [-0.2, -0.15) is 0 Å². The topological polar surface area (TPSA) is 97.7 Å². The number of nitrogens with one attached hydrogen (secondary N) is 2. The monoisotopic (exact) mass is 410 g/mol. The Hall–Kier alpha value is -2.48. The number of aliphatic hydroxyl groups is 1. The molecular weight excluding hydrogens is 380 g/mol. The fraction of sp³-hybridized carbons (Fsp3) is 0.478. The fourth-order valence-corrected chi connectivity index (χ4v) is 4.17. The first-order chi connectivity index (χ1) is 14.5. The van der Waals surface area contributed by atoms with Gasteiger partial charge in [-0.1, -0.05) is 12.5 Å². The SMILES string of the molecule is Cc1c(O)ccc2c1CCN(C[C@@H](O)Cc1cc(C(=O)NNC3CCC3)ccn1)C2. The number of phenolic OH excluding ortho intramolecular Hbond substituents is 1. The summed E-state index contributed by atoms with van der Waals surface area (Å²) in [5, 5.41) is 20.5. The fourth-order valence-electron chi connectivity index (χ4n) is 4.17. The molecule has 0 spiro atoms. The van der Waals surface area contributed by atoms with E-state index in [0.29, 0.717) is 36.0 Å². The second kappa shape index (κ2) is 9.12. The molecule has 1 atom stereocenters. The van der Waals surface area contributed by atoms with Crippen molar-refractivity contribution in [2.75, 3.05) is 13.1 Å². The summed E-state index contributed by atoms with van der Waals surface area (Å²) in [6.07, 6.45) is 5.70. The van der Waals surface area contributed by atoms with E-state index >= 15 is 0 Å². The molecule has 0 unspecified atom stereocenters. The third kappa shape index (κ3) is 4.80. The van der Waals surface area contributed by atoms with Gasteiger partial charge in [-0.25, -0.2) is 5.43 Å². The van der Waals surface area contributed by atoms with Crippen molar-refractivity contribution in [3.8, 4) is 5.75 Å². The predicted molar refractivity (Wildman–Crippen MR) is 114 cm³/mol. The van der Waals surface area contributed by atoms with E-state index < -0.39 is 6.10 Å². The Morgan fingerprint density at radius 1 is 1.33 bits per heavy atom. The Kier molecular flexibility index (Phi) is 6.32. The van der Waals surface area contributed by atoms with Crippen LogP contribution in [0.1, 0.15) is 52.0 Å². The quantitative estimate of drug-likeness (QED) is 0.520. The Labute approximate surface area is 177 Å². The van der Waals surface area contributed by atoms with Crippen LogP contribution in [0.3, 0.4) is 0 Å². The summed E-state index contributed by atoms with van der Waals surface area (Å²) in [7, 11) is 0. The number of rotatable bonds is 7. The standard InChI is InChI=1S/C23H30N4O3/c1-15-21-8-10-27(13-17(21)5-6-22(15)29)14-20(28)12-19-11-16(7-9-24-19)23(30)26-25-18-3-2-4-18/h5-7,9,11,18,20,25,28-29H,2-4,8,10,12-14H2,1H3,(H,26,30)/t20-/m0/s1. The van der Waals surface area contributed by atoms with E-state index in [1.807, 2.05) is 13.0 Å². The highest BCUT2D eigenvalue weighted by Gasteiger charge is 2.22. The van der Waals surface area contributed by atoms with Gasteiger partial charge in [0.15, 0.2) is 0 Å². The molecule has 1 aromatic heterocycles. The van der Waals surface area contributed by atoms with Crippen molar-refractivity contribution < 1.29 is 15.0 Å². The van der Waals surface area contributed by atoms with Crippen molar-refractivity contribution in [1.82, 2.24) is 20.7 Å². The summed E-state index contributed by atoms with van der Waals surface area (Å²) < 4.78 is 0. The zero-order valence-corrected chi connectivity index (χ0v) is 17.4. The molecule has 1 aliphatic heterocycles. The summed E-state index contributed by atoms with van der Waals surface area (Å²) in [6.45, 7) is 4.10. The highest BCUT2D eigenvalue weighted by Crippen LogP contribution is 2.28. The average molecular weight is 411 g/mol. The van der Waals surface area contributed by atoms with Crippen LogP contribution in [0.2, 0.25) is 0 Å². The zero-order valence-electron chi connectivity index (χ0n) is 17.4. The molecule has 1 aliphatic carbocycles. The number of phenols is 1. The lowest BCUT2D eigenvalue weighted by molar-refractivity contribution is 0.0912. The molecule has 4 N–H and O–H groups in total. The molecule has 4 rings (SSSR count). The van der Waals surface area contributed by atoms with E-state index in [1.54, 1.807) is 24.4 Å². The first-order valence-corrected chi connectivity index (χ1v) is 10.7. The van der Waals surface area contributed by atoms with Crippen LogP contribution in [-0.4, -0.2) is 51.2 Å². The van der Waals surface area contributed by atoms with Crippen LogP contribution in [-0.2, 0) is 19.4 Å². The number of carbonyl (C=O) groups is 1. The lowest BCUT2D eigenvalue weighted by atomic mass is 9.94. The van der Waals surface area contributed by atoms with Gasteiger partial charge >= 0.3 is 0 Å². The van der Waals surface area contributed by atoms with Gasteiger partial charge < -0.3 is 10.2 Å². The van der Waals surface area contributed by atoms with Crippen LogP contribution in [0.4, 0.5) is 0 Å². The van der Waals surface area contributed by atoms with E-state index in [4.69, 9.17) is 0 Å². The smallest absolute Gasteiger partial charge is 0.265 e. The van der Waals surface area contributed by atoms with Gasteiger partial charge in [-0.15, -0.1) is 0 Å². The van der Waals surface area contributed by atoms with Crippen LogP contribution < -0.4 is 10.9 Å². The maximum atomic E-state index is 12.3. The number of β-amino-alcohol motifs (C(OH)–C–C–N with tert-alkyl or cyclic N) is 1. The number of aromatic nitrogens is 1. The van der Waals surface area contributed by atoms with Crippen molar-refractivity contribution in [2.45, 2.75) is 57.7 Å². The lowest BCUT2D eigenvalue weighted by Gasteiger charge is -2.31. The Bertz CT molecular complexity index is 913. The van der Waals surface area contributed by atoms with E-state index in [9.17, 15) is 15.0 Å². The third-order valence-corrected chi connectivity index (χ3v) is 6.23. The van der Waals surface area contributed by atoms with E-state index in [-0.39, 0.29) is 5.91 Å². The molecule has 2 aliphatic rings. The number of hydrogen-bond acceptors (Lipinski definition) is 6. The first kappa shape index (κ1) is 20.8. The minimum Gasteiger partial charge on any atom is -0.508 e. The summed E-state index contributed by atoms with van der Waals surface area (Å²) >= 11 is 0. The predicted octanol–water partition coefficient (Wildman–Crippen LogP) is 1.84. The van der Waals surface area contributed by atoms with Gasteiger partial charge in [0.1, 0.15) is 5.75 Å². The summed E-state index contributed by atoms with van der Waals surface area (Å²) in [6, 6.07) is 7.52. The zero-order chi connectivity index (χ0) is 21.1. The van der Waals surface area contributed by atoms with Gasteiger partial charge in [0.2, 0.25) is 0 Å². The van der Waals surface area contributed by atoms with Crippen LogP contribution in [0.5, 0.6) is 5.75 Å². The highest BCUT2D eigenvalue weighted by atomic mass is 16.3. The number of nitrogens with zero attached hydrogens (tertiary/aromatic N) is 2. The van der Waals surface area contributed by atoms with Crippen LogP contribution in [0, 0.1) is 6.92 Å². The Morgan fingerprint density at radius 3 is 2.93 bits per heavy atom. The molecule has 7 heteroatoms. The highest BCUT2D eigenvalue weighted by molar-refractivity contribution is 5.93. The van der Waals surface area contributed by atoms with Gasteiger partial charge in [0.05, 0.1) is 6.10 Å². The number of fused-ring (bicyclic) bond motifs is 1. The number of pyridine rings is 1. The second-order valence-corrected chi connectivity index (χ2v) is 8.45. The molecule has 1 amide bonds. The first-order valence-electron chi connectivity index (χ1n) is 10.7. The molecule has 0 saturated heterocycles. The van der Waals surface area contributed by atoms with Crippen molar-refractivity contribution in [3.63, 3.8) is 0 Å². The molecule has 0 bridgehead atoms. The molecule has 2 aromatic rings. The van der Waals surface area contributed by atoms with Crippen LogP contribution >= 0.6 is 0 Å². The lowest BCUT2D eigenvalue weighted by Crippen LogP contribution is -2.47. The molecule has 1 aromatic carbocycles. The average Bonchev–Trinajstić information content (AvgIpc) is 2.69. The number of amides is 1. The van der Waals surface area contributed by atoms with Crippen molar-refractivity contribution in [3.05, 3.63) is 58.4 Å². The number of aliphatic hydroxyl groups excluding tert-OH is 1. The molecular formula is C23H30N4O3. The molecule has 30 heavy (non-hydrogen) atoms. The van der Waals surface area contributed by atoms with E-state index in [1.165, 1.54) is 17.5 Å². The number of hydrazine groups is 1. The number of benzene rings is 1. The summed E-state index contributed by atoms with van der Waals surface area (Å²) in [4.78, 5) is 18.9. The molecule has 0 radical (unpaired) electrons. The van der Waals surface area contributed by atoms with Crippen LogP contribution in [0.15, 0.2) is 30.5 Å². The normalized spacial score (nSPS) is 17.8. The largest absolute Gasteiger partial charge is 0.508 e. The number of hydrogen-bond donors (Lipinski definition) is 4. The van der Waals surface area contributed by atoms with E-state index in [2.05, 4.69) is 20.7 Å². The minimum absolute atomic E-state index is 0.175. The number of aromatic hydroxyl groups is 1. The Morgan fingerprint density at radius 2 is 2.17 bits per heavy atom. The molecule has 1 fully saturated rings. The maximum absolute atomic E-state index is 12.3. The summed E-state index contributed by atoms with van der Waals surface area (Å²) in [5.74, 6) is 0.173. The maximum Gasteiger partial charge on any atom is 0.265 e. The van der Waals surface area contributed by atoms with Crippen molar-refractivity contribution in [2.24, 2.45) is 0 Å². The molecule has 7 nitrogen and oxygen atoms in total. The summed E-state index contributed by atoms with van der Waals surface area (Å²) in [5.41, 5.74) is 10.4. The van der Waals surface area contributed by atoms with Gasteiger partial charge in [-0.05, 0) is 61.1 Å². The van der Waals surface area contributed by atoms with Crippen molar-refractivity contribution in [1.29, 1.82) is 0 Å². The minimum atomic E-state index is -0.566. The van der Waals surface area contributed by atoms with Gasteiger partial charge in [0, 0.05) is 49.6 Å². The Balaban J connectivity index is 1.31. The van der Waals surface area contributed by atoms with Crippen molar-refractivity contribution >= 4 is 5.91 Å². The molecule has 2 heterocycles. The number of carbonyl (C=O) groups excluding carboxylic acids is 1. The third-order valence-electron chi connectivity index (χ3n) is 6.23. The van der Waals surface area contributed by atoms with Gasteiger partial charge in [-0.3, -0.25) is 20.1 Å².